The number of hydrogen-bond acceptors (Lipinski definition) is 2. The number of carboxylic acid groups (broad SMARTS) is 2. The average molecular weight is 478 g/mol. The first-order valence-corrected chi connectivity index (χ1v) is 10.3. The van der Waals surface area contributed by atoms with Crippen molar-refractivity contribution in [2.75, 3.05) is 0 Å². The number of benzene rings is 1. The maximum Gasteiger partial charge on any atom is 0.306 e. The average Bonchev–Trinajstić information content (AvgIpc) is 2.55. The van der Waals surface area contributed by atoms with Gasteiger partial charge in [0.2, 0.25) is 0 Å². The lowest BCUT2D eigenvalue weighted by Gasteiger charge is -2.03. The van der Waals surface area contributed by atoms with Crippen molar-refractivity contribution in [1.29, 1.82) is 0 Å². The number of aliphatic carboxylic acids is 2. The van der Waals surface area contributed by atoms with Gasteiger partial charge >= 0.3 is 11.9 Å². The molecule has 0 saturated carbocycles. The van der Waals surface area contributed by atoms with Crippen LogP contribution in [-0.2, 0) is 9.59 Å². The Morgan fingerprint density at radius 1 is 0.808 bits per heavy atom. The molecule has 150 valence electrons. The predicted molar refractivity (Wildman–Crippen MR) is 117 cm³/mol. The quantitative estimate of drug-likeness (QED) is 0.476. The number of hydrogen-bond donors (Lipinski definition) is 2. The summed E-state index contributed by atoms with van der Waals surface area (Å²) in [6.07, 6.45) is 2.97. The van der Waals surface area contributed by atoms with E-state index in [0.717, 1.165) is 25.7 Å². The van der Waals surface area contributed by atoms with E-state index in [0.29, 0.717) is 0 Å². The lowest BCUT2D eigenvalue weighted by atomic mass is 10.1. The van der Waals surface area contributed by atoms with Gasteiger partial charge in [-0.15, -0.1) is 0 Å². The third-order valence-electron chi connectivity index (χ3n) is 4.25. The number of halogens is 1. The van der Waals surface area contributed by atoms with Crippen LogP contribution in [-0.4, -0.2) is 22.2 Å². The van der Waals surface area contributed by atoms with Crippen LogP contribution in [0.5, 0.6) is 0 Å². The van der Waals surface area contributed by atoms with Crippen LogP contribution in [0.1, 0.15) is 70.1 Å². The van der Waals surface area contributed by atoms with Gasteiger partial charge in [0.05, 0.1) is 11.8 Å². The molecule has 0 aromatic heterocycles. The van der Waals surface area contributed by atoms with Crippen LogP contribution >= 0.6 is 22.6 Å². The number of rotatable bonds is 6. The lowest BCUT2D eigenvalue weighted by Crippen LogP contribution is -2.10. The van der Waals surface area contributed by atoms with Gasteiger partial charge < -0.3 is 10.2 Å². The second-order valence-electron chi connectivity index (χ2n) is 6.42. The summed E-state index contributed by atoms with van der Waals surface area (Å²) in [5, 5.41) is 16.7. The molecule has 1 aromatic rings. The minimum atomic E-state index is -0.671. The number of carboxylic acids is 2. The van der Waals surface area contributed by atoms with E-state index in [4.69, 9.17) is 10.2 Å². The molecule has 0 spiro atoms. The van der Waals surface area contributed by atoms with Crippen LogP contribution in [0.3, 0.4) is 0 Å². The van der Waals surface area contributed by atoms with E-state index < -0.39 is 11.9 Å². The van der Waals surface area contributed by atoms with Crippen molar-refractivity contribution < 1.29 is 19.8 Å². The van der Waals surface area contributed by atoms with Gasteiger partial charge in [-0.1, -0.05) is 45.4 Å². The molecule has 0 radical (unpaired) electrons. The van der Waals surface area contributed by atoms with Crippen molar-refractivity contribution >= 4 is 34.5 Å². The first-order chi connectivity index (χ1) is 12.0. The highest BCUT2D eigenvalue weighted by Gasteiger charge is 2.10. The van der Waals surface area contributed by atoms with Gasteiger partial charge in [-0.05, 0) is 80.2 Å². The minimum Gasteiger partial charge on any atom is -0.481 e. The third kappa shape index (κ3) is 11.5. The molecule has 4 nitrogen and oxygen atoms in total. The molecule has 0 aliphatic carbocycles. The molecule has 0 atom stereocenters. The van der Waals surface area contributed by atoms with E-state index in [2.05, 4.69) is 55.5 Å². The van der Waals surface area contributed by atoms with Crippen molar-refractivity contribution in [3.63, 3.8) is 0 Å². The van der Waals surface area contributed by atoms with Gasteiger partial charge in [0.1, 0.15) is 0 Å². The summed E-state index contributed by atoms with van der Waals surface area (Å²) in [7, 11) is 0. The Hall–Kier alpha value is -1.11. The fourth-order valence-corrected chi connectivity index (χ4v) is 2.75. The van der Waals surface area contributed by atoms with E-state index in [1.165, 1.54) is 20.3 Å². The normalized spacial score (nSPS) is 9.92. The van der Waals surface area contributed by atoms with Crippen LogP contribution in [0.4, 0.5) is 0 Å². The van der Waals surface area contributed by atoms with Crippen LogP contribution in [0, 0.1) is 36.2 Å². The van der Waals surface area contributed by atoms with Crippen LogP contribution < -0.4 is 0 Å². The van der Waals surface area contributed by atoms with Crippen molar-refractivity contribution in [3.8, 4) is 0 Å². The van der Waals surface area contributed by atoms with Gasteiger partial charge in [-0.2, -0.15) is 0 Å². The van der Waals surface area contributed by atoms with Gasteiger partial charge in [-0.25, -0.2) is 0 Å². The zero-order valence-electron chi connectivity index (χ0n) is 17.2. The maximum atomic E-state index is 10.2. The molecule has 0 bridgehead atoms. The summed E-state index contributed by atoms with van der Waals surface area (Å²) in [4.78, 5) is 20.3. The summed E-state index contributed by atoms with van der Waals surface area (Å²) in [5.41, 5.74) is 4.13. The highest BCUT2D eigenvalue weighted by atomic mass is 127. The highest BCUT2D eigenvalue weighted by Crippen LogP contribution is 2.17. The zero-order valence-corrected chi connectivity index (χ0v) is 19.4. The van der Waals surface area contributed by atoms with Gasteiger partial charge in [0.25, 0.3) is 0 Å². The molecule has 1 rings (SSSR count). The smallest absolute Gasteiger partial charge is 0.306 e. The summed E-state index contributed by atoms with van der Waals surface area (Å²) in [5.74, 6) is -1.60. The van der Waals surface area contributed by atoms with Crippen LogP contribution in [0.25, 0.3) is 0 Å². The number of carbonyl (C=O) groups is 2. The molecular weight excluding hydrogens is 443 g/mol. The Kier molecular flexibility index (Phi) is 15.6. The molecule has 0 amide bonds. The fourth-order valence-electron chi connectivity index (χ4n) is 2.44. The van der Waals surface area contributed by atoms with Crippen molar-refractivity contribution in [3.05, 3.63) is 32.4 Å². The Morgan fingerprint density at radius 3 is 1.23 bits per heavy atom. The van der Waals surface area contributed by atoms with Gasteiger partial charge in [-0.3, -0.25) is 9.59 Å². The third-order valence-corrected chi connectivity index (χ3v) is 5.95. The zero-order chi connectivity index (χ0) is 20.9. The lowest BCUT2D eigenvalue weighted by molar-refractivity contribution is -0.142. The molecule has 0 saturated heterocycles. The first kappa shape index (κ1) is 27.1. The molecule has 0 aliphatic rings. The molecule has 5 heteroatoms. The van der Waals surface area contributed by atoms with E-state index in [1.54, 1.807) is 0 Å². The second-order valence-corrected chi connectivity index (χ2v) is 7.49. The summed E-state index contributed by atoms with van der Waals surface area (Å²) < 4.78 is 1.39. The molecule has 0 unspecified atom stereocenters. The topological polar surface area (TPSA) is 74.6 Å². The monoisotopic (exact) mass is 478 g/mol. The summed E-state index contributed by atoms with van der Waals surface area (Å²) in [6.45, 7) is 14.0. The highest BCUT2D eigenvalue weighted by molar-refractivity contribution is 14.1. The Labute approximate surface area is 172 Å². The van der Waals surface area contributed by atoms with E-state index in [1.807, 2.05) is 27.7 Å². The minimum absolute atomic E-state index is 0.130. The maximum absolute atomic E-state index is 10.2. The van der Waals surface area contributed by atoms with E-state index in [-0.39, 0.29) is 11.8 Å². The second kappa shape index (κ2) is 15.0. The molecule has 0 heterocycles. The first-order valence-electron chi connectivity index (χ1n) is 9.24. The standard InChI is InChI=1S/C9H11I.2C6H12O2/c1-6-4-7(2)9(10)8(3)5-6;2*1-3-5(4-2)6(7)8/h4-5H,1-3H3;2*5H,3-4H2,1-2H3,(H,7,8). The van der Waals surface area contributed by atoms with Crippen LogP contribution in [0.2, 0.25) is 0 Å². The van der Waals surface area contributed by atoms with E-state index in [9.17, 15) is 9.59 Å². The fraction of sp³-hybridized carbons (Fsp3) is 0.619. The molecular formula is C21H35IO4. The van der Waals surface area contributed by atoms with Crippen molar-refractivity contribution in [2.24, 2.45) is 11.8 Å². The Balaban J connectivity index is 0. The summed E-state index contributed by atoms with van der Waals surface area (Å²) >= 11 is 2.39. The molecule has 26 heavy (non-hydrogen) atoms. The molecule has 2 N–H and O–H groups in total. The van der Waals surface area contributed by atoms with Crippen LogP contribution in [0.15, 0.2) is 12.1 Å². The van der Waals surface area contributed by atoms with Gasteiger partial charge in [0, 0.05) is 3.57 Å². The Morgan fingerprint density at radius 2 is 1.08 bits per heavy atom. The van der Waals surface area contributed by atoms with Crippen molar-refractivity contribution in [2.45, 2.75) is 74.1 Å². The molecule has 1 aromatic carbocycles. The van der Waals surface area contributed by atoms with E-state index >= 15 is 0 Å². The SMILES string of the molecule is CCC(CC)C(=O)O.CCC(CC)C(=O)O.Cc1cc(C)c(I)c(C)c1. The van der Waals surface area contributed by atoms with Gasteiger partial charge in [0.15, 0.2) is 0 Å². The largest absolute Gasteiger partial charge is 0.481 e. The summed E-state index contributed by atoms with van der Waals surface area (Å²) in [6, 6.07) is 4.43. The van der Waals surface area contributed by atoms with Crippen molar-refractivity contribution in [1.82, 2.24) is 0 Å². The Bertz CT molecular complexity index is 502. The molecule has 0 fully saturated rings. The predicted octanol–water partition coefficient (Wildman–Crippen LogP) is 6.23. The number of aryl methyl sites for hydroxylation is 3. The molecule has 0 aliphatic heterocycles.